The number of aryl methyl sites for hydroxylation is 1. The van der Waals surface area contributed by atoms with Gasteiger partial charge in [-0.25, -0.2) is 14.4 Å². The molecule has 2 saturated heterocycles. The molecule has 6 heterocycles. The van der Waals surface area contributed by atoms with Crippen LogP contribution in [0, 0.1) is 5.82 Å². The van der Waals surface area contributed by atoms with Gasteiger partial charge in [0.15, 0.2) is 11.2 Å². The van der Waals surface area contributed by atoms with Gasteiger partial charge < -0.3 is 14.4 Å². The molecule has 4 aliphatic rings. The average molecular weight is 787 g/mol. The smallest absolute Gasteiger partial charge is 0.255 e. The molecule has 2 unspecified atom stereocenters. The Balaban J connectivity index is 0.868. The quantitative estimate of drug-likeness (QED) is 0.164. The number of benzene rings is 3. The van der Waals surface area contributed by atoms with Gasteiger partial charge in [0.2, 0.25) is 11.8 Å². The number of rotatable bonds is 10. The lowest BCUT2D eigenvalue weighted by atomic mass is 9.87. The fraction of sp³-hybridized carbons (Fsp3) is 0.349. The summed E-state index contributed by atoms with van der Waals surface area (Å²) in [4.78, 5) is 67.3. The van der Waals surface area contributed by atoms with Crippen LogP contribution in [0.5, 0.6) is 0 Å². The number of aromatic nitrogens is 3. The molecule has 4 aliphatic heterocycles. The molecule has 57 heavy (non-hydrogen) atoms. The predicted molar refractivity (Wildman–Crippen MR) is 214 cm³/mol. The molecule has 9 rings (SSSR count). The van der Waals surface area contributed by atoms with Gasteiger partial charge in [-0.2, -0.15) is 0 Å². The summed E-state index contributed by atoms with van der Waals surface area (Å²) in [6.45, 7) is 3.22. The lowest BCUT2D eigenvalue weighted by molar-refractivity contribution is -0.134. The van der Waals surface area contributed by atoms with Crippen molar-refractivity contribution < 1.29 is 23.6 Å². The molecule has 2 atom stereocenters. The maximum atomic E-state index is 15.9. The lowest BCUT2D eigenvalue weighted by Gasteiger charge is -2.38. The highest BCUT2D eigenvalue weighted by molar-refractivity contribution is 7.13. The molecule has 12 nitrogen and oxygen atoms in total. The molecule has 4 amide bonds. The van der Waals surface area contributed by atoms with E-state index in [2.05, 4.69) is 43.5 Å². The molecule has 0 spiro atoms. The number of nitrogens with one attached hydrogen (secondary N) is 2. The summed E-state index contributed by atoms with van der Waals surface area (Å²) in [6.07, 6.45) is 7.82. The molecular formula is C43H43FN8O4S. The van der Waals surface area contributed by atoms with Crippen LogP contribution < -0.4 is 15.5 Å². The Hall–Kier alpha value is -5.73. The molecule has 2 fully saturated rings. The highest BCUT2D eigenvalue weighted by Crippen LogP contribution is 2.38. The Labute approximate surface area is 333 Å². The predicted octanol–water partition coefficient (Wildman–Crippen LogP) is 6.05. The monoisotopic (exact) mass is 786 g/mol. The fourth-order valence-electron chi connectivity index (χ4n) is 9.00. The van der Waals surface area contributed by atoms with Crippen molar-refractivity contribution in [3.05, 3.63) is 118 Å². The molecule has 2 aromatic heterocycles. The Morgan fingerprint density at radius 2 is 1.81 bits per heavy atom. The van der Waals surface area contributed by atoms with Crippen LogP contribution in [0.2, 0.25) is 0 Å². The van der Waals surface area contributed by atoms with Crippen molar-refractivity contribution in [1.82, 2.24) is 29.7 Å². The summed E-state index contributed by atoms with van der Waals surface area (Å²) >= 11 is 1.28. The Morgan fingerprint density at radius 3 is 2.58 bits per heavy atom. The number of piperidine rings is 2. The molecule has 2 N–H and O–H groups in total. The highest BCUT2D eigenvalue weighted by atomic mass is 32.1. The van der Waals surface area contributed by atoms with E-state index in [4.69, 9.17) is 0 Å². The van der Waals surface area contributed by atoms with E-state index in [-0.39, 0.29) is 35.4 Å². The lowest BCUT2D eigenvalue weighted by Crippen LogP contribution is -2.43. The number of fused-ring (bicyclic) bond motifs is 2. The number of amides is 4. The number of imide groups is 1. The Kier molecular flexibility index (Phi) is 9.91. The van der Waals surface area contributed by atoms with Crippen molar-refractivity contribution in [3.63, 3.8) is 0 Å². The molecule has 14 heteroatoms. The number of carbonyl (C=O) groups is 4. The first-order chi connectivity index (χ1) is 27.7. The maximum absolute atomic E-state index is 15.9. The summed E-state index contributed by atoms with van der Waals surface area (Å²) in [5, 5.41) is 7.53. The van der Waals surface area contributed by atoms with Gasteiger partial charge in [0, 0.05) is 72.7 Å². The van der Waals surface area contributed by atoms with Gasteiger partial charge in [-0.05, 0) is 85.7 Å². The molecule has 292 valence electrons. The second kappa shape index (κ2) is 15.3. The minimum Gasteiger partial charge on any atom is -0.371 e. The average Bonchev–Trinajstić information content (AvgIpc) is 4.04. The fourth-order valence-corrected chi connectivity index (χ4v) is 9.53. The number of thiazole rings is 1. The maximum Gasteiger partial charge on any atom is 0.255 e. The minimum absolute atomic E-state index is 0.0427. The SMILES string of the molecule is CN(Cc1ccccc1C1CCC(=O)NC1=O)C1CCN(c2ccc(-c3cc(F)c4c(c3)C(=O)N(C(C(=O)Nc3nccs3)c3ncn5c3CCC5)C4)cc2)CC1. The third-order valence-electron chi connectivity index (χ3n) is 12.0. The second-order valence-corrected chi connectivity index (χ2v) is 16.3. The molecule has 3 aromatic carbocycles. The van der Waals surface area contributed by atoms with Crippen LogP contribution in [0.25, 0.3) is 11.1 Å². The molecular weight excluding hydrogens is 744 g/mol. The highest BCUT2D eigenvalue weighted by Gasteiger charge is 2.42. The topological polar surface area (TPSA) is 133 Å². The van der Waals surface area contributed by atoms with Crippen molar-refractivity contribution in [2.24, 2.45) is 0 Å². The number of carbonyl (C=O) groups excluding carboxylic acids is 4. The van der Waals surface area contributed by atoms with Crippen molar-refractivity contribution in [3.8, 4) is 11.1 Å². The standard InChI is InChI=1S/C43H43FN8O4S/c1-49(23-27-5-2-3-6-31(27)32-12-13-37(53)47-40(32)54)29-14-18-50(19-15-29)30-10-8-26(9-11-30)28-21-33-34(35(44)22-28)24-52(42(33)56)39(41(55)48-43-45-16-20-57-43)38-36-7-4-17-51(36)25-46-38/h2-3,5-6,8-11,16,20-22,25,29,32,39H,4,7,12-15,17-19,23-24H2,1H3,(H,45,48,55)(H,47,53,54). The van der Waals surface area contributed by atoms with Crippen LogP contribution >= 0.6 is 11.3 Å². The third kappa shape index (κ3) is 7.12. The third-order valence-corrected chi connectivity index (χ3v) is 12.7. The normalized spacial score (nSPS) is 18.9. The first kappa shape index (κ1) is 36.9. The molecule has 0 saturated carbocycles. The summed E-state index contributed by atoms with van der Waals surface area (Å²) in [6, 6.07) is 18.6. The van der Waals surface area contributed by atoms with E-state index in [1.807, 2.05) is 47.0 Å². The first-order valence-corrected chi connectivity index (χ1v) is 20.4. The van der Waals surface area contributed by atoms with Gasteiger partial charge in [0.25, 0.3) is 11.8 Å². The van der Waals surface area contributed by atoms with E-state index in [9.17, 15) is 19.2 Å². The van der Waals surface area contributed by atoms with Gasteiger partial charge in [-0.15, -0.1) is 11.3 Å². The molecule has 0 radical (unpaired) electrons. The van der Waals surface area contributed by atoms with Crippen molar-refractivity contribution in [2.45, 2.75) is 76.2 Å². The van der Waals surface area contributed by atoms with E-state index in [0.29, 0.717) is 35.3 Å². The van der Waals surface area contributed by atoms with E-state index in [0.717, 1.165) is 79.9 Å². The second-order valence-electron chi connectivity index (χ2n) is 15.4. The van der Waals surface area contributed by atoms with Crippen LogP contribution in [0.15, 0.2) is 78.6 Å². The zero-order valence-electron chi connectivity index (χ0n) is 31.6. The van der Waals surface area contributed by atoms with Crippen LogP contribution in [0.3, 0.4) is 0 Å². The number of halogens is 1. The number of hydrogen-bond acceptors (Lipinski definition) is 9. The molecule has 0 bridgehead atoms. The van der Waals surface area contributed by atoms with Crippen LogP contribution in [-0.2, 0) is 40.4 Å². The zero-order valence-corrected chi connectivity index (χ0v) is 32.4. The summed E-state index contributed by atoms with van der Waals surface area (Å²) < 4.78 is 17.9. The molecule has 5 aromatic rings. The number of anilines is 2. The van der Waals surface area contributed by atoms with Gasteiger partial charge in [0.05, 0.1) is 24.5 Å². The van der Waals surface area contributed by atoms with Crippen LogP contribution in [0.1, 0.15) is 82.5 Å². The summed E-state index contributed by atoms with van der Waals surface area (Å²) in [7, 11) is 2.14. The van der Waals surface area contributed by atoms with Gasteiger partial charge in [0.1, 0.15) is 5.82 Å². The largest absolute Gasteiger partial charge is 0.371 e. The first-order valence-electron chi connectivity index (χ1n) is 19.6. The van der Waals surface area contributed by atoms with Gasteiger partial charge in [-0.3, -0.25) is 34.7 Å². The van der Waals surface area contributed by atoms with Gasteiger partial charge >= 0.3 is 0 Å². The Bertz CT molecular complexity index is 2350. The van der Waals surface area contributed by atoms with Crippen molar-refractivity contribution in [2.75, 3.05) is 30.4 Å². The van der Waals surface area contributed by atoms with E-state index >= 15 is 4.39 Å². The van der Waals surface area contributed by atoms with Gasteiger partial charge in [-0.1, -0.05) is 36.4 Å². The summed E-state index contributed by atoms with van der Waals surface area (Å²) in [5.74, 6) is -2.05. The van der Waals surface area contributed by atoms with E-state index < -0.39 is 23.7 Å². The van der Waals surface area contributed by atoms with Crippen molar-refractivity contribution in [1.29, 1.82) is 0 Å². The van der Waals surface area contributed by atoms with Crippen LogP contribution in [0.4, 0.5) is 15.2 Å². The van der Waals surface area contributed by atoms with E-state index in [1.54, 1.807) is 24.0 Å². The Morgan fingerprint density at radius 1 is 1.00 bits per heavy atom. The van der Waals surface area contributed by atoms with E-state index in [1.165, 1.54) is 22.3 Å². The number of imidazole rings is 1. The summed E-state index contributed by atoms with van der Waals surface area (Å²) in [5.41, 5.74) is 6.54. The molecule has 0 aliphatic carbocycles. The zero-order chi connectivity index (χ0) is 39.2. The van der Waals surface area contributed by atoms with Crippen molar-refractivity contribution >= 4 is 45.8 Å². The van der Waals surface area contributed by atoms with Crippen LogP contribution in [-0.4, -0.2) is 74.1 Å². The number of hydrogen-bond donors (Lipinski definition) is 2. The minimum atomic E-state index is -1.04. The number of nitrogens with zero attached hydrogens (tertiary/aromatic N) is 6.